The number of methoxy groups -OCH3 is 1. The highest BCUT2D eigenvalue weighted by molar-refractivity contribution is 7.89. The SMILES string of the molecule is COc1ccc(CN2CCOCC2CNS(=O)(=O)c2ccccc2)cc1. The zero-order chi connectivity index (χ0) is 18.4. The third-order valence-electron chi connectivity index (χ3n) is 4.46. The minimum absolute atomic E-state index is 0.00987. The summed E-state index contributed by atoms with van der Waals surface area (Å²) in [5.74, 6) is 0.822. The van der Waals surface area contributed by atoms with E-state index in [0.717, 1.165) is 24.4 Å². The van der Waals surface area contributed by atoms with Crippen LogP contribution in [0.25, 0.3) is 0 Å². The number of morpholine rings is 1. The Morgan fingerprint density at radius 2 is 1.88 bits per heavy atom. The Hall–Kier alpha value is -1.93. The lowest BCUT2D eigenvalue weighted by atomic mass is 10.1. The molecule has 0 amide bonds. The van der Waals surface area contributed by atoms with Gasteiger partial charge in [-0.25, -0.2) is 13.1 Å². The van der Waals surface area contributed by atoms with Gasteiger partial charge in [0.15, 0.2) is 0 Å². The smallest absolute Gasteiger partial charge is 0.240 e. The van der Waals surface area contributed by atoms with E-state index in [1.165, 1.54) is 0 Å². The Morgan fingerprint density at radius 1 is 1.15 bits per heavy atom. The summed E-state index contributed by atoms with van der Waals surface area (Å²) in [5, 5.41) is 0. The van der Waals surface area contributed by atoms with Gasteiger partial charge in [-0.1, -0.05) is 30.3 Å². The maximum Gasteiger partial charge on any atom is 0.240 e. The average molecular weight is 376 g/mol. The minimum atomic E-state index is -3.51. The summed E-state index contributed by atoms with van der Waals surface area (Å²) in [4.78, 5) is 2.53. The van der Waals surface area contributed by atoms with Crippen LogP contribution in [0, 0.1) is 0 Å². The van der Waals surface area contributed by atoms with Crippen molar-refractivity contribution in [3.05, 3.63) is 60.2 Å². The van der Waals surface area contributed by atoms with Crippen LogP contribution in [-0.4, -0.2) is 52.8 Å². The third-order valence-corrected chi connectivity index (χ3v) is 5.90. The summed E-state index contributed by atoms with van der Waals surface area (Å²) in [7, 11) is -1.87. The first-order chi connectivity index (χ1) is 12.6. The second-order valence-corrected chi connectivity index (χ2v) is 7.98. The van der Waals surface area contributed by atoms with Crippen LogP contribution in [0.4, 0.5) is 0 Å². The summed E-state index contributed by atoms with van der Waals surface area (Å²) in [6.45, 7) is 2.98. The predicted molar refractivity (Wildman–Crippen MR) is 99.6 cm³/mol. The number of hydrogen-bond acceptors (Lipinski definition) is 5. The molecule has 1 atom stereocenters. The molecule has 1 fully saturated rings. The van der Waals surface area contributed by atoms with E-state index in [1.54, 1.807) is 37.4 Å². The number of nitrogens with one attached hydrogen (secondary N) is 1. The van der Waals surface area contributed by atoms with E-state index >= 15 is 0 Å². The fourth-order valence-corrected chi connectivity index (χ4v) is 4.03. The molecule has 0 radical (unpaired) electrons. The van der Waals surface area contributed by atoms with Crippen LogP contribution in [0.1, 0.15) is 5.56 Å². The molecule has 1 unspecified atom stereocenters. The highest BCUT2D eigenvalue weighted by Crippen LogP contribution is 2.16. The Balaban J connectivity index is 1.63. The van der Waals surface area contributed by atoms with Crippen molar-refractivity contribution in [2.75, 3.05) is 33.4 Å². The molecule has 2 aromatic rings. The molecular weight excluding hydrogens is 352 g/mol. The third kappa shape index (κ3) is 4.82. The zero-order valence-corrected chi connectivity index (χ0v) is 15.6. The maximum absolute atomic E-state index is 12.4. The van der Waals surface area contributed by atoms with Crippen molar-refractivity contribution in [2.24, 2.45) is 0 Å². The summed E-state index contributed by atoms with van der Waals surface area (Å²) in [6.07, 6.45) is 0. The molecule has 3 rings (SSSR count). The van der Waals surface area contributed by atoms with E-state index in [-0.39, 0.29) is 10.9 Å². The van der Waals surface area contributed by atoms with Crippen LogP contribution in [-0.2, 0) is 21.3 Å². The number of hydrogen-bond donors (Lipinski definition) is 1. The Kier molecular flexibility index (Phi) is 6.26. The maximum atomic E-state index is 12.4. The van der Waals surface area contributed by atoms with Crippen molar-refractivity contribution < 1.29 is 17.9 Å². The van der Waals surface area contributed by atoms with Gasteiger partial charge in [-0.3, -0.25) is 4.90 Å². The van der Waals surface area contributed by atoms with E-state index in [2.05, 4.69) is 9.62 Å². The number of rotatable bonds is 7. The van der Waals surface area contributed by atoms with Gasteiger partial charge in [0.1, 0.15) is 5.75 Å². The van der Waals surface area contributed by atoms with E-state index in [9.17, 15) is 8.42 Å². The van der Waals surface area contributed by atoms with Gasteiger partial charge in [-0.05, 0) is 29.8 Å². The van der Waals surface area contributed by atoms with Crippen LogP contribution in [0.5, 0.6) is 5.75 Å². The molecule has 6 nitrogen and oxygen atoms in total. The van der Waals surface area contributed by atoms with Crippen LogP contribution < -0.4 is 9.46 Å². The molecule has 0 saturated carbocycles. The van der Waals surface area contributed by atoms with E-state index in [0.29, 0.717) is 19.8 Å². The van der Waals surface area contributed by atoms with Crippen LogP contribution >= 0.6 is 0 Å². The van der Waals surface area contributed by atoms with Crippen LogP contribution in [0.2, 0.25) is 0 Å². The first kappa shape index (κ1) is 18.8. The molecule has 1 N–H and O–H groups in total. The molecule has 7 heteroatoms. The molecule has 0 aromatic heterocycles. The summed E-state index contributed by atoms with van der Waals surface area (Å²) < 4.78 is 38.3. The fraction of sp³-hybridized carbons (Fsp3) is 0.368. The molecule has 1 aliphatic rings. The van der Waals surface area contributed by atoms with Gasteiger partial charge >= 0.3 is 0 Å². The molecule has 140 valence electrons. The number of sulfonamides is 1. The van der Waals surface area contributed by atoms with Crippen molar-refractivity contribution in [2.45, 2.75) is 17.5 Å². The van der Waals surface area contributed by atoms with Gasteiger partial charge < -0.3 is 9.47 Å². The first-order valence-corrected chi connectivity index (χ1v) is 10.1. The topological polar surface area (TPSA) is 67.9 Å². The molecule has 26 heavy (non-hydrogen) atoms. The van der Waals surface area contributed by atoms with Gasteiger partial charge in [-0.2, -0.15) is 0 Å². The average Bonchev–Trinajstić information content (AvgIpc) is 2.69. The lowest BCUT2D eigenvalue weighted by Crippen LogP contribution is -2.50. The van der Waals surface area contributed by atoms with Crippen molar-refractivity contribution in [3.63, 3.8) is 0 Å². The summed E-state index contributed by atoms with van der Waals surface area (Å²) in [5.41, 5.74) is 1.16. The number of benzene rings is 2. The second kappa shape index (κ2) is 8.64. The molecule has 1 aliphatic heterocycles. The van der Waals surface area contributed by atoms with E-state index in [1.807, 2.05) is 24.3 Å². The van der Waals surface area contributed by atoms with Crippen LogP contribution in [0.3, 0.4) is 0 Å². The van der Waals surface area contributed by atoms with Gasteiger partial charge in [0.05, 0.1) is 25.2 Å². The highest BCUT2D eigenvalue weighted by Gasteiger charge is 2.25. The van der Waals surface area contributed by atoms with Gasteiger partial charge in [0, 0.05) is 25.7 Å². The predicted octanol–water partition coefficient (Wildman–Crippen LogP) is 1.87. The molecular formula is C19H24N2O4S. The monoisotopic (exact) mass is 376 g/mol. The molecule has 2 aromatic carbocycles. The van der Waals surface area contributed by atoms with Crippen molar-refractivity contribution in [3.8, 4) is 5.75 Å². The minimum Gasteiger partial charge on any atom is -0.497 e. The number of ether oxygens (including phenoxy) is 2. The van der Waals surface area contributed by atoms with Crippen LogP contribution in [0.15, 0.2) is 59.5 Å². The summed E-state index contributed by atoms with van der Waals surface area (Å²) in [6, 6.07) is 16.3. The highest BCUT2D eigenvalue weighted by atomic mass is 32.2. The zero-order valence-electron chi connectivity index (χ0n) is 14.8. The molecule has 0 aliphatic carbocycles. The van der Waals surface area contributed by atoms with Gasteiger partial charge in [0.25, 0.3) is 0 Å². The number of nitrogens with zero attached hydrogens (tertiary/aromatic N) is 1. The lowest BCUT2D eigenvalue weighted by molar-refractivity contribution is -0.00915. The molecule has 0 bridgehead atoms. The largest absolute Gasteiger partial charge is 0.497 e. The van der Waals surface area contributed by atoms with E-state index < -0.39 is 10.0 Å². The van der Waals surface area contributed by atoms with Crippen molar-refractivity contribution in [1.82, 2.24) is 9.62 Å². The van der Waals surface area contributed by atoms with Gasteiger partial charge in [-0.15, -0.1) is 0 Å². The standard InChI is InChI=1S/C19H24N2O4S/c1-24-18-9-7-16(8-10-18)14-21-11-12-25-15-17(21)13-20-26(22,23)19-5-3-2-4-6-19/h2-10,17,20H,11-15H2,1H3. The fourth-order valence-electron chi connectivity index (χ4n) is 2.94. The quantitative estimate of drug-likeness (QED) is 0.799. The summed E-state index contributed by atoms with van der Waals surface area (Å²) >= 11 is 0. The Labute approximate surface area is 154 Å². The van der Waals surface area contributed by atoms with Crippen molar-refractivity contribution >= 4 is 10.0 Å². The Morgan fingerprint density at radius 3 is 2.58 bits per heavy atom. The van der Waals surface area contributed by atoms with E-state index in [4.69, 9.17) is 9.47 Å². The second-order valence-electron chi connectivity index (χ2n) is 6.21. The molecule has 1 heterocycles. The lowest BCUT2D eigenvalue weighted by Gasteiger charge is -2.35. The normalized spacial score (nSPS) is 18.6. The molecule has 0 spiro atoms. The first-order valence-electron chi connectivity index (χ1n) is 8.58. The Bertz CT molecular complexity index is 794. The van der Waals surface area contributed by atoms with Crippen molar-refractivity contribution in [1.29, 1.82) is 0 Å². The molecule has 1 saturated heterocycles. The van der Waals surface area contributed by atoms with Gasteiger partial charge in [0.2, 0.25) is 10.0 Å².